The van der Waals surface area contributed by atoms with Gasteiger partial charge in [0.25, 0.3) is 0 Å². The molecule has 0 saturated heterocycles. The molecule has 1 aliphatic carbocycles. The molecule has 122 valence electrons. The van der Waals surface area contributed by atoms with Gasteiger partial charge < -0.3 is 15.8 Å². The van der Waals surface area contributed by atoms with E-state index in [4.69, 9.17) is 10.5 Å². The van der Waals surface area contributed by atoms with E-state index >= 15 is 0 Å². The van der Waals surface area contributed by atoms with E-state index in [2.05, 4.69) is 10.3 Å². The van der Waals surface area contributed by atoms with Crippen LogP contribution in [0.2, 0.25) is 0 Å². The number of hydrogen-bond acceptors (Lipinski definition) is 5. The number of carbonyl (C=O) groups is 1. The minimum absolute atomic E-state index is 0.0346. The molecule has 1 fully saturated rings. The highest BCUT2D eigenvalue weighted by atomic mass is 32.1. The lowest BCUT2D eigenvalue weighted by Gasteiger charge is -2.06. The molecule has 0 unspecified atom stereocenters. The van der Waals surface area contributed by atoms with E-state index in [1.54, 1.807) is 6.07 Å². The first-order valence-corrected chi connectivity index (χ1v) is 8.34. The summed E-state index contributed by atoms with van der Waals surface area (Å²) in [5.41, 5.74) is 6.37. The number of benzene rings is 2. The summed E-state index contributed by atoms with van der Waals surface area (Å²) in [6.07, 6.45) is 1.91. The van der Waals surface area contributed by atoms with Crippen LogP contribution in [0.5, 0.6) is 11.5 Å². The molecule has 0 atom stereocenters. The summed E-state index contributed by atoms with van der Waals surface area (Å²) in [6.45, 7) is 0. The first-order valence-electron chi connectivity index (χ1n) is 7.53. The van der Waals surface area contributed by atoms with E-state index in [0.717, 1.165) is 23.1 Å². The standard InChI is InChI=1S/C17H14FN3O2S/c18-12-5-3-10(7-13(12)19)23-11-4-6-14-15(8-11)24-17(20-14)21-16(22)9-1-2-9/h3-9H,1-2,19H2,(H,20,21,22). The molecule has 1 amide bonds. The highest BCUT2D eigenvalue weighted by Crippen LogP contribution is 2.34. The first-order chi connectivity index (χ1) is 11.6. The van der Waals surface area contributed by atoms with Gasteiger partial charge in [0.15, 0.2) is 5.13 Å². The third-order valence-corrected chi connectivity index (χ3v) is 4.67. The number of nitrogen functional groups attached to an aromatic ring is 1. The van der Waals surface area contributed by atoms with Crippen molar-refractivity contribution >= 4 is 38.3 Å². The molecule has 4 rings (SSSR count). The molecule has 0 aliphatic heterocycles. The molecule has 2 aromatic carbocycles. The molecule has 1 aromatic heterocycles. The largest absolute Gasteiger partial charge is 0.457 e. The monoisotopic (exact) mass is 343 g/mol. The van der Waals surface area contributed by atoms with Gasteiger partial charge in [-0.15, -0.1) is 0 Å². The fourth-order valence-corrected chi connectivity index (χ4v) is 3.19. The number of rotatable bonds is 4. The van der Waals surface area contributed by atoms with Crippen molar-refractivity contribution in [2.45, 2.75) is 12.8 Å². The van der Waals surface area contributed by atoms with Crippen LogP contribution in [0, 0.1) is 11.7 Å². The second kappa shape index (κ2) is 5.76. The summed E-state index contributed by atoms with van der Waals surface area (Å²) in [5, 5.41) is 3.43. The number of amides is 1. The maximum atomic E-state index is 13.2. The zero-order valence-electron chi connectivity index (χ0n) is 12.6. The van der Waals surface area contributed by atoms with Crippen LogP contribution in [0.25, 0.3) is 10.2 Å². The molecule has 7 heteroatoms. The minimum atomic E-state index is -0.476. The Labute approximate surface area is 141 Å². The maximum Gasteiger partial charge on any atom is 0.229 e. The van der Waals surface area contributed by atoms with Crippen molar-refractivity contribution in [1.82, 2.24) is 4.98 Å². The number of anilines is 2. The molecule has 1 saturated carbocycles. The van der Waals surface area contributed by atoms with Gasteiger partial charge in [-0.3, -0.25) is 4.79 Å². The van der Waals surface area contributed by atoms with Crippen molar-refractivity contribution in [3.63, 3.8) is 0 Å². The van der Waals surface area contributed by atoms with Crippen LogP contribution in [0.15, 0.2) is 36.4 Å². The van der Waals surface area contributed by atoms with Crippen LogP contribution >= 0.6 is 11.3 Å². The van der Waals surface area contributed by atoms with Crippen molar-refractivity contribution in [1.29, 1.82) is 0 Å². The first kappa shape index (κ1) is 14.9. The van der Waals surface area contributed by atoms with Crippen molar-refractivity contribution in [3.8, 4) is 11.5 Å². The van der Waals surface area contributed by atoms with E-state index in [0.29, 0.717) is 16.6 Å². The summed E-state index contributed by atoms with van der Waals surface area (Å²) in [5.74, 6) is 0.751. The highest BCUT2D eigenvalue weighted by molar-refractivity contribution is 7.22. The van der Waals surface area contributed by atoms with Gasteiger partial charge in [0.1, 0.15) is 17.3 Å². The molecule has 3 aromatic rings. The Morgan fingerprint density at radius 1 is 1.25 bits per heavy atom. The lowest BCUT2D eigenvalue weighted by molar-refractivity contribution is -0.117. The topological polar surface area (TPSA) is 77.2 Å². The second-order valence-corrected chi connectivity index (χ2v) is 6.73. The van der Waals surface area contributed by atoms with E-state index in [9.17, 15) is 9.18 Å². The van der Waals surface area contributed by atoms with E-state index in [1.807, 2.05) is 12.1 Å². The molecule has 1 heterocycles. The average Bonchev–Trinajstić information content (AvgIpc) is 3.32. The molecule has 0 spiro atoms. The number of carbonyl (C=O) groups excluding carboxylic acids is 1. The normalized spacial score (nSPS) is 13.9. The van der Waals surface area contributed by atoms with Crippen molar-refractivity contribution in [2.75, 3.05) is 11.1 Å². The summed E-state index contributed by atoms with van der Waals surface area (Å²) >= 11 is 1.39. The number of nitrogens with zero attached hydrogens (tertiary/aromatic N) is 1. The number of aromatic nitrogens is 1. The predicted molar refractivity (Wildman–Crippen MR) is 91.9 cm³/mol. The smallest absolute Gasteiger partial charge is 0.229 e. The third kappa shape index (κ3) is 3.03. The Kier molecular flexibility index (Phi) is 3.57. The molecular weight excluding hydrogens is 329 g/mol. The maximum absolute atomic E-state index is 13.2. The molecule has 0 radical (unpaired) electrons. The Hall–Kier alpha value is -2.67. The SMILES string of the molecule is Nc1cc(Oc2ccc3nc(NC(=O)C4CC4)sc3c2)ccc1F. The minimum Gasteiger partial charge on any atom is -0.457 e. The number of nitrogens with two attached hydrogens (primary N) is 1. The lowest BCUT2D eigenvalue weighted by atomic mass is 10.3. The number of nitrogens with one attached hydrogen (secondary N) is 1. The average molecular weight is 343 g/mol. The number of fused-ring (bicyclic) bond motifs is 1. The quantitative estimate of drug-likeness (QED) is 0.697. The van der Waals surface area contributed by atoms with Gasteiger partial charge in [0, 0.05) is 18.1 Å². The van der Waals surface area contributed by atoms with Gasteiger partial charge >= 0.3 is 0 Å². The third-order valence-electron chi connectivity index (χ3n) is 3.74. The van der Waals surface area contributed by atoms with Crippen LogP contribution in [-0.4, -0.2) is 10.9 Å². The van der Waals surface area contributed by atoms with Crippen LogP contribution in [0.1, 0.15) is 12.8 Å². The fraction of sp³-hybridized carbons (Fsp3) is 0.176. The van der Waals surface area contributed by atoms with Gasteiger partial charge in [0.05, 0.1) is 15.9 Å². The van der Waals surface area contributed by atoms with Gasteiger partial charge in [0.2, 0.25) is 5.91 Å². The second-order valence-electron chi connectivity index (χ2n) is 5.70. The molecular formula is C17H14FN3O2S. The Morgan fingerprint density at radius 2 is 2.00 bits per heavy atom. The van der Waals surface area contributed by atoms with Gasteiger partial charge in [-0.25, -0.2) is 9.37 Å². The van der Waals surface area contributed by atoms with E-state index in [1.165, 1.54) is 29.5 Å². The number of ether oxygens (including phenoxy) is 1. The van der Waals surface area contributed by atoms with Crippen molar-refractivity contribution in [2.24, 2.45) is 5.92 Å². The number of halogens is 1. The Balaban J connectivity index is 1.55. The summed E-state index contributed by atoms with van der Waals surface area (Å²) in [6, 6.07) is 9.65. The van der Waals surface area contributed by atoms with E-state index < -0.39 is 5.82 Å². The summed E-state index contributed by atoms with van der Waals surface area (Å²) in [4.78, 5) is 16.2. The molecule has 24 heavy (non-hydrogen) atoms. The van der Waals surface area contributed by atoms with Gasteiger partial charge in [-0.05, 0) is 37.1 Å². The zero-order valence-corrected chi connectivity index (χ0v) is 13.4. The highest BCUT2D eigenvalue weighted by Gasteiger charge is 2.30. The van der Waals surface area contributed by atoms with Crippen LogP contribution in [0.4, 0.5) is 15.2 Å². The van der Waals surface area contributed by atoms with Crippen molar-refractivity contribution < 1.29 is 13.9 Å². The zero-order chi connectivity index (χ0) is 16.7. The van der Waals surface area contributed by atoms with Gasteiger partial charge in [-0.1, -0.05) is 11.3 Å². The molecule has 1 aliphatic rings. The van der Waals surface area contributed by atoms with Crippen LogP contribution in [-0.2, 0) is 4.79 Å². The van der Waals surface area contributed by atoms with E-state index in [-0.39, 0.29) is 17.5 Å². The number of thiazole rings is 1. The van der Waals surface area contributed by atoms with Crippen molar-refractivity contribution in [3.05, 3.63) is 42.2 Å². The summed E-state index contributed by atoms with van der Waals surface area (Å²) in [7, 11) is 0. The Bertz CT molecular complexity index is 937. The number of hydrogen-bond donors (Lipinski definition) is 2. The molecule has 5 nitrogen and oxygen atoms in total. The molecule has 3 N–H and O–H groups in total. The van der Waals surface area contributed by atoms with Crippen LogP contribution in [0.3, 0.4) is 0 Å². The van der Waals surface area contributed by atoms with Crippen LogP contribution < -0.4 is 15.8 Å². The lowest BCUT2D eigenvalue weighted by Crippen LogP contribution is -2.12. The fourth-order valence-electron chi connectivity index (χ4n) is 2.30. The predicted octanol–water partition coefficient (Wildman–Crippen LogP) is 4.16. The van der Waals surface area contributed by atoms with Gasteiger partial charge in [-0.2, -0.15) is 0 Å². The molecule has 0 bridgehead atoms. The summed E-state index contributed by atoms with van der Waals surface area (Å²) < 4.78 is 19.8. The Morgan fingerprint density at radius 3 is 2.75 bits per heavy atom.